The summed E-state index contributed by atoms with van der Waals surface area (Å²) in [5.74, 6) is 3.14. The lowest BCUT2D eigenvalue weighted by molar-refractivity contribution is 0.0600. The van der Waals surface area contributed by atoms with Gasteiger partial charge in [0.05, 0.1) is 17.3 Å². The van der Waals surface area contributed by atoms with Gasteiger partial charge in [0, 0.05) is 69.3 Å². The van der Waals surface area contributed by atoms with Gasteiger partial charge in [-0.05, 0) is 43.9 Å². The lowest BCUT2D eigenvalue weighted by Crippen LogP contribution is -2.39. The van der Waals surface area contributed by atoms with Crippen molar-refractivity contribution < 1.29 is 9.53 Å². The number of imidazole rings is 1. The summed E-state index contributed by atoms with van der Waals surface area (Å²) >= 11 is 6.37. The molecule has 6 heterocycles. The highest BCUT2D eigenvalue weighted by atomic mass is 35.5. The van der Waals surface area contributed by atoms with Crippen molar-refractivity contribution in [2.24, 2.45) is 0 Å². The highest BCUT2D eigenvalue weighted by Crippen LogP contribution is 2.36. The molecule has 0 spiro atoms. The van der Waals surface area contributed by atoms with Crippen LogP contribution < -0.4 is 14.5 Å². The fraction of sp³-hybridized carbons (Fsp3) is 0.429. The number of likely N-dealkylation sites (N-methyl/N-ethyl adjacent to an activating group) is 1. The van der Waals surface area contributed by atoms with E-state index < -0.39 is 0 Å². The summed E-state index contributed by atoms with van der Waals surface area (Å²) in [6, 6.07) is 9.27. The molecule has 1 aromatic carbocycles. The van der Waals surface area contributed by atoms with Crippen molar-refractivity contribution >= 4 is 34.8 Å². The zero-order valence-corrected chi connectivity index (χ0v) is 22.7. The van der Waals surface area contributed by atoms with Crippen LogP contribution >= 0.6 is 11.6 Å². The Kier molecular flexibility index (Phi) is 6.07. The molecule has 0 radical (unpaired) electrons. The van der Waals surface area contributed by atoms with Crippen LogP contribution in [0, 0.1) is 0 Å². The Labute approximate surface area is 231 Å². The number of carbonyl (C=O) groups is 1. The van der Waals surface area contributed by atoms with Crippen LogP contribution in [0.3, 0.4) is 0 Å². The van der Waals surface area contributed by atoms with E-state index in [0.717, 1.165) is 74.2 Å². The van der Waals surface area contributed by atoms with Gasteiger partial charge in [0.25, 0.3) is 5.91 Å². The second kappa shape index (κ2) is 9.75. The van der Waals surface area contributed by atoms with Gasteiger partial charge in [0.15, 0.2) is 5.65 Å². The van der Waals surface area contributed by atoms with E-state index in [9.17, 15) is 4.79 Å². The molecule has 2 saturated heterocycles. The van der Waals surface area contributed by atoms with Gasteiger partial charge in [-0.15, -0.1) is 0 Å². The zero-order valence-electron chi connectivity index (χ0n) is 22.0. The fourth-order valence-electron chi connectivity index (χ4n) is 5.74. The van der Waals surface area contributed by atoms with Crippen molar-refractivity contribution in [3.05, 3.63) is 64.8 Å². The molecule has 1 amide bonds. The van der Waals surface area contributed by atoms with E-state index in [1.165, 1.54) is 6.42 Å². The number of amides is 1. The zero-order chi connectivity index (χ0) is 26.5. The Bertz CT molecular complexity index is 1540. The third kappa shape index (κ3) is 4.36. The van der Waals surface area contributed by atoms with Crippen LogP contribution in [-0.4, -0.2) is 68.2 Å². The van der Waals surface area contributed by atoms with Crippen LogP contribution in [0.4, 0.5) is 11.6 Å². The van der Waals surface area contributed by atoms with Gasteiger partial charge in [-0.1, -0.05) is 11.6 Å². The molecule has 11 heteroatoms. The quantitative estimate of drug-likeness (QED) is 0.354. The van der Waals surface area contributed by atoms with E-state index in [1.54, 1.807) is 24.4 Å². The van der Waals surface area contributed by atoms with Crippen LogP contribution in [0.1, 0.15) is 53.6 Å². The van der Waals surface area contributed by atoms with Crippen LogP contribution in [0.5, 0.6) is 5.75 Å². The predicted molar refractivity (Wildman–Crippen MR) is 149 cm³/mol. The summed E-state index contributed by atoms with van der Waals surface area (Å²) in [6.45, 7) is 4.39. The van der Waals surface area contributed by atoms with Crippen LogP contribution in [0.25, 0.3) is 5.65 Å². The Hall–Kier alpha value is -3.79. The molecule has 3 aliphatic heterocycles. The molecule has 4 aromatic rings. The number of ether oxygens (including phenoxy) is 1. The molecule has 3 aromatic heterocycles. The molecule has 1 atom stereocenters. The van der Waals surface area contributed by atoms with Gasteiger partial charge in [-0.2, -0.15) is 9.61 Å². The van der Waals surface area contributed by atoms with Crippen molar-refractivity contribution in [3.63, 3.8) is 0 Å². The number of hydrogen-bond acceptors (Lipinski definition) is 7. The molecule has 39 heavy (non-hydrogen) atoms. The number of aromatic nitrogens is 5. The molecule has 0 aliphatic carbocycles. The van der Waals surface area contributed by atoms with Crippen molar-refractivity contribution in [2.45, 2.75) is 44.9 Å². The lowest BCUT2D eigenvalue weighted by atomic mass is 9.98. The number of hydrogen-bond donors (Lipinski definition) is 0. The monoisotopic (exact) mass is 546 g/mol. The maximum absolute atomic E-state index is 14.1. The first kappa shape index (κ1) is 24.3. The second-order valence-corrected chi connectivity index (χ2v) is 11.0. The van der Waals surface area contributed by atoms with Gasteiger partial charge < -0.3 is 24.0 Å². The first-order chi connectivity index (χ1) is 19.0. The first-order valence-corrected chi connectivity index (χ1v) is 14.0. The molecule has 2 fully saturated rings. The molecule has 2 bridgehead atoms. The first-order valence-electron chi connectivity index (χ1n) is 13.7. The minimum atomic E-state index is -0.155. The van der Waals surface area contributed by atoms with Gasteiger partial charge >= 0.3 is 0 Å². The number of carbonyl (C=O) groups excluding carboxylic acids is 1. The Balaban J connectivity index is 1.38. The number of anilines is 2. The minimum absolute atomic E-state index is 0.101. The summed E-state index contributed by atoms with van der Waals surface area (Å²) in [6.07, 6.45) is 7.73. The standard InChI is InChI=1S/C28H31ClN8O2/c1-33-13-14-35-12-8-30-26(35)18-39-23-7-6-19(29)15-20(23)28(38)36-11-3-2-5-22(36)21-16-25-31-24(34-9-4-10-34)17-27(33)37(25)32-21/h6-8,12,15-17,22H,2-5,9-11,13-14,18H2,1H3. The topological polar surface area (TPSA) is 84.0 Å². The van der Waals surface area contributed by atoms with E-state index >= 15 is 0 Å². The average Bonchev–Trinajstić information content (AvgIpc) is 3.55. The molecule has 202 valence electrons. The lowest BCUT2D eigenvalue weighted by Gasteiger charge is -2.35. The van der Waals surface area contributed by atoms with Crippen molar-refractivity contribution in [3.8, 4) is 5.75 Å². The Morgan fingerprint density at radius 3 is 2.77 bits per heavy atom. The van der Waals surface area contributed by atoms with E-state index in [0.29, 0.717) is 22.9 Å². The molecule has 7 rings (SSSR count). The summed E-state index contributed by atoms with van der Waals surface area (Å²) in [4.78, 5) is 30.0. The minimum Gasteiger partial charge on any atom is -0.485 e. The molecule has 0 N–H and O–H groups in total. The molecular formula is C28H31ClN8O2. The van der Waals surface area contributed by atoms with E-state index in [1.807, 2.05) is 15.6 Å². The predicted octanol–water partition coefficient (Wildman–Crippen LogP) is 4.19. The number of piperidine rings is 1. The molecule has 10 nitrogen and oxygen atoms in total. The van der Waals surface area contributed by atoms with Crippen molar-refractivity contribution in [1.29, 1.82) is 0 Å². The highest BCUT2D eigenvalue weighted by Gasteiger charge is 2.33. The normalized spacial score (nSPS) is 19.9. The van der Waals surface area contributed by atoms with Crippen LogP contribution in [-0.2, 0) is 13.2 Å². The number of fused-ring (bicyclic) bond motifs is 5. The summed E-state index contributed by atoms with van der Waals surface area (Å²) in [7, 11) is 2.09. The molecular weight excluding hydrogens is 516 g/mol. The van der Waals surface area contributed by atoms with E-state index in [-0.39, 0.29) is 18.6 Å². The molecule has 1 unspecified atom stereocenters. The second-order valence-electron chi connectivity index (χ2n) is 10.6. The van der Waals surface area contributed by atoms with Crippen LogP contribution in [0.15, 0.2) is 42.7 Å². The third-order valence-corrected chi connectivity index (χ3v) is 8.33. The van der Waals surface area contributed by atoms with E-state index in [4.69, 9.17) is 26.4 Å². The SMILES string of the molecule is CN1CCn2ccnc2COc2ccc(Cl)cc2C(=O)N2CCCCC2c2cc3nc(N4CCC4)cc1n3n2. The number of benzene rings is 1. The Morgan fingerprint density at radius 2 is 1.92 bits per heavy atom. The summed E-state index contributed by atoms with van der Waals surface area (Å²) < 4.78 is 10.2. The van der Waals surface area contributed by atoms with Crippen LogP contribution in [0.2, 0.25) is 5.02 Å². The maximum Gasteiger partial charge on any atom is 0.258 e. The van der Waals surface area contributed by atoms with E-state index in [2.05, 4.69) is 38.5 Å². The molecule has 0 saturated carbocycles. The molecule has 3 aliphatic rings. The largest absolute Gasteiger partial charge is 0.485 e. The Morgan fingerprint density at radius 1 is 1.03 bits per heavy atom. The summed E-state index contributed by atoms with van der Waals surface area (Å²) in [5.41, 5.74) is 2.12. The van der Waals surface area contributed by atoms with Gasteiger partial charge in [0.2, 0.25) is 0 Å². The highest BCUT2D eigenvalue weighted by molar-refractivity contribution is 6.31. The fourth-order valence-corrected chi connectivity index (χ4v) is 5.91. The van der Waals surface area contributed by atoms with Gasteiger partial charge in [-0.25, -0.2) is 9.97 Å². The number of halogens is 1. The third-order valence-electron chi connectivity index (χ3n) is 8.10. The smallest absolute Gasteiger partial charge is 0.258 e. The van der Waals surface area contributed by atoms with Crippen molar-refractivity contribution in [2.75, 3.05) is 43.0 Å². The van der Waals surface area contributed by atoms with Gasteiger partial charge in [0.1, 0.15) is 29.8 Å². The summed E-state index contributed by atoms with van der Waals surface area (Å²) in [5, 5.41) is 5.57. The number of nitrogens with zero attached hydrogens (tertiary/aromatic N) is 8. The number of rotatable bonds is 1. The maximum atomic E-state index is 14.1. The van der Waals surface area contributed by atoms with Gasteiger partial charge in [-0.3, -0.25) is 4.79 Å². The average molecular weight is 547 g/mol. The van der Waals surface area contributed by atoms with Crippen molar-refractivity contribution in [1.82, 2.24) is 29.0 Å².